The normalized spacial score (nSPS) is 15.2. The van der Waals surface area contributed by atoms with Gasteiger partial charge in [0, 0.05) is 35.4 Å². The summed E-state index contributed by atoms with van der Waals surface area (Å²) in [6, 6.07) is 14.0. The number of benzene rings is 3. The number of carbonyl (C=O) groups is 2. The molecule has 0 spiro atoms. The van der Waals surface area contributed by atoms with Crippen LogP contribution >= 0.6 is 11.6 Å². The zero-order valence-electron chi connectivity index (χ0n) is 19.5. The number of aromatic hydroxyl groups is 1. The maximum absolute atomic E-state index is 14.6. The number of amides is 4. The van der Waals surface area contributed by atoms with E-state index in [0.29, 0.717) is 17.1 Å². The Balaban J connectivity index is 1.45. The van der Waals surface area contributed by atoms with Crippen molar-refractivity contribution in [3.05, 3.63) is 82.8 Å². The van der Waals surface area contributed by atoms with Crippen molar-refractivity contribution in [3.8, 4) is 5.75 Å². The second kappa shape index (κ2) is 9.09. The number of phenolic OH excluding ortho intramolecular Hbond substituents is 1. The first-order valence-corrected chi connectivity index (χ1v) is 11.6. The first-order valence-electron chi connectivity index (χ1n) is 11.2. The predicted octanol–water partition coefficient (Wildman–Crippen LogP) is 6.44. The summed E-state index contributed by atoms with van der Waals surface area (Å²) in [5.74, 6) is -0.912. The highest BCUT2D eigenvalue weighted by molar-refractivity contribution is 6.32. The molecule has 4 aromatic rings. The van der Waals surface area contributed by atoms with Gasteiger partial charge >= 0.3 is 12.1 Å². The van der Waals surface area contributed by atoms with Gasteiger partial charge < -0.3 is 25.6 Å². The van der Waals surface area contributed by atoms with Crippen molar-refractivity contribution in [3.63, 3.8) is 0 Å². The number of nitrogens with one attached hydrogen (secondary N) is 3. The van der Waals surface area contributed by atoms with Crippen LogP contribution in [0.4, 0.5) is 31.0 Å². The topological polar surface area (TPSA) is 101 Å². The molecule has 10 heteroatoms. The van der Waals surface area contributed by atoms with Crippen LogP contribution in [0.3, 0.4) is 0 Å². The van der Waals surface area contributed by atoms with Gasteiger partial charge in [0.2, 0.25) is 0 Å². The Kier molecular flexibility index (Phi) is 5.93. The molecular weight excluding hydrogens is 485 g/mol. The lowest BCUT2D eigenvalue weighted by atomic mass is 10.00. The third kappa shape index (κ3) is 4.07. The summed E-state index contributed by atoms with van der Waals surface area (Å²) in [6.45, 7) is 1.68. The lowest BCUT2D eigenvalue weighted by Crippen LogP contribution is -2.46. The van der Waals surface area contributed by atoms with Crippen LogP contribution in [0.25, 0.3) is 10.9 Å². The standard InChI is InChI=1S/C26H23ClFN5O3/c1-14-16-8-7-15(30-25(35)31-21-12-29-20-6-4-3-5-17(20)21)11-22(16)33(26(36)32(14)2)13-18-19(28)9-10-23(34)24(18)27/h3-12,14,29,34H,13H2,1-2H3,(H2,30,31,35)/t14-/m0/s1. The molecule has 5 rings (SSSR count). The van der Waals surface area contributed by atoms with Gasteiger partial charge in [-0.3, -0.25) is 4.90 Å². The number of anilines is 3. The van der Waals surface area contributed by atoms with E-state index >= 15 is 0 Å². The van der Waals surface area contributed by atoms with Gasteiger partial charge in [0.1, 0.15) is 11.6 Å². The van der Waals surface area contributed by atoms with Gasteiger partial charge in [-0.1, -0.05) is 35.9 Å². The third-order valence-corrected chi connectivity index (χ3v) is 6.88. The molecule has 8 nitrogen and oxygen atoms in total. The van der Waals surface area contributed by atoms with Crippen LogP contribution in [0.2, 0.25) is 5.02 Å². The van der Waals surface area contributed by atoms with E-state index < -0.39 is 11.8 Å². The Morgan fingerprint density at radius 2 is 1.94 bits per heavy atom. The summed E-state index contributed by atoms with van der Waals surface area (Å²) in [5, 5.41) is 16.3. The van der Waals surface area contributed by atoms with Crippen molar-refractivity contribution >= 4 is 51.6 Å². The molecule has 0 radical (unpaired) electrons. The molecule has 0 bridgehead atoms. The van der Waals surface area contributed by atoms with Crippen LogP contribution in [0, 0.1) is 5.82 Å². The number of urea groups is 2. The lowest BCUT2D eigenvalue weighted by molar-refractivity contribution is 0.196. The van der Waals surface area contributed by atoms with E-state index in [1.54, 1.807) is 25.4 Å². The fraction of sp³-hybridized carbons (Fsp3) is 0.154. The minimum Gasteiger partial charge on any atom is -0.506 e. The molecule has 184 valence electrons. The van der Waals surface area contributed by atoms with Crippen LogP contribution in [-0.4, -0.2) is 34.1 Å². The Hall–Kier alpha value is -4.24. The van der Waals surface area contributed by atoms with Crippen LogP contribution in [0.5, 0.6) is 5.75 Å². The zero-order valence-corrected chi connectivity index (χ0v) is 20.2. The van der Waals surface area contributed by atoms with Gasteiger partial charge in [0.15, 0.2) is 0 Å². The second-order valence-electron chi connectivity index (χ2n) is 8.62. The number of hydrogen-bond donors (Lipinski definition) is 4. The van der Waals surface area contributed by atoms with Crippen LogP contribution in [0.15, 0.2) is 60.8 Å². The lowest BCUT2D eigenvalue weighted by Gasteiger charge is -2.40. The van der Waals surface area contributed by atoms with Gasteiger partial charge in [-0.25, -0.2) is 14.0 Å². The molecule has 1 atom stereocenters. The first-order chi connectivity index (χ1) is 17.2. The van der Waals surface area contributed by atoms with Gasteiger partial charge in [-0.05, 0) is 42.8 Å². The zero-order chi connectivity index (χ0) is 25.6. The number of fused-ring (bicyclic) bond motifs is 2. The molecule has 1 aromatic heterocycles. The number of rotatable bonds is 4. The Bertz CT molecular complexity index is 1500. The quantitative estimate of drug-likeness (QED) is 0.255. The molecule has 0 saturated heterocycles. The molecule has 0 fully saturated rings. The van der Waals surface area contributed by atoms with E-state index in [9.17, 15) is 19.1 Å². The Morgan fingerprint density at radius 1 is 1.17 bits per heavy atom. The highest BCUT2D eigenvalue weighted by Crippen LogP contribution is 2.40. The number of phenols is 1. The number of hydrogen-bond acceptors (Lipinski definition) is 3. The molecule has 4 N–H and O–H groups in total. The average Bonchev–Trinajstić information content (AvgIpc) is 3.27. The molecule has 2 heterocycles. The van der Waals surface area contributed by atoms with E-state index in [1.165, 1.54) is 9.80 Å². The SMILES string of the molecule is C[C@H]1c2ccc(NC(=O)Nc3c[nH]c4ccccc34)cc2N(Cc2c(F)ccc(O)c2Cl)C(=O)N1C. The summed E-state index contributed by atoms with van der Waals surface area (Å²) in [6.07, 6.45) is 1.71. The van der Waals surface area contributed by atoms with Crippen molar-refractivity contribution in [2.45, 2.75) is 19.5 Å². The minimum absolute atomic E-state index is 0.00522. The van der Waals surface area contributed by atoms with E-state index in [1.807, 2.05) is 37.3 Å². The summed E-state index contributed by atoms with van der Waals surface area (Å²) < 4.78 is 14.6. The number of nitrogens with zero attached hydrogens (tertiary/aromatic N) is 2. The van der Waals surface area contributed by atoms with Crippen molar-refractivity contribution in [2.75, 3.05) is 22.6 Å². The molecule has 36 heavy (non-hydrogen) atoms. The van der Waals surface area contributed by atoms with Crippen molar-refractivity contribution in [2.24, 2.45) is 0 Å². The third-order valence-electron chi connectivity index (χ3n) is 6.46. The highest BCUT2D eigenvalue weighted by atomic mass is 35.5. The fourth-order valence-corrected chi connectivity index (χ4v) is 4.59. The van der Waals surface area contributed by atoms with Gasteiger partial charge in [0.05, 0.1) is 29.0 Å². The second-order valence-corrected chi connectivity index (χ2v) is 8.99. The molecule has 0 unspecified atom stereocenters. The number of halogens is 2. The first kappa shape index (κ1) is 23.5. The van der Waals surface area contributed by atoms with Crippen LogP contribution < -0.4 is 15.5 Å². The molecule has 1 aliphatic heterocycles. The summed E-state index contributed by atoms with van der Waals surface area (Å²) in [4.78, 5) is 32.0. The van der Waals surface area contributed by atoms with Gasteiger partial charge in [-0.15, -0.1) is 0 Å². The minimum atomic E-state index is -0.638. The Labute approximate surface area is 211 Å². The Morgan fingerprint density at radius 3 is 2.75 bits per heavy atom. The molecule has 1 aliphatic rings. The van der Waals surface area contributed by atoms with Crippen LogP contribution in [0.1, 0.15) is 24.1 Å². The summed E-state index contributed by atoms with van der Waals surface area (Å²) in [7, 11) is 1.66. The van der Waals surface area contributed by atoms with Crippen LogP contribution in [-0.2, 0) is 6.54 Å². The maximum atomic E-state index is 14.6. The summed E-state index contributed by atoms with van der Waals surface area (Å²) in [5.41, 5.74) is 3.29. The maximum Gasteiger partial charge on any atom is 0.325 e. The molecule has 3 aromatic carbocycles. The number of aromatic nitrogens is 1. The van der Waals surface area contributed by atoms with E-state index in [0.717, 1.165) is 28.6 Å². The number of para-hydroxylation sites is 1. The van der Waals surface area contributed by atoms with Crippen molar-refractivity contribution in [1.82, 2.24) is 9.88 Å². The van der Waals surface area contributed by atoms with E-state index in [4.69, 9.17) is 11.6 Å². The summed E-state index contributed by atoms with van der Waals surface area (Å²) >= 11 is 6.16. The van der Waals surface area contributed by atoms with E-state index in [2.05, 4.69) is 15.6 Å². The van der Waals surface area contributed by atoms with Gasteiger partial charge in [0.25, 0.3) is 0 Å². The van der Waals surface area contributed by atoms with Gasteiger partial charge in [-0.2, -0.15) is 0 Å². The average molecular weight is 508 g/mol. The predicted molar refractivity (Wildman–Crippen MR) is 138 cm³/mol. The highest BCUT2D eigenvalue weighted by Gasteiger charge is 2.34. The molecule has 0 saturated carbocycles. The molecular formula is C26H23ClFN5O3. The monoisotopic (exact) mass is 507 g/mol. The number of aromatic amines is 1. The van der Waals surface area contributed by atoms with E-state index in [-0.39, 0.29) is 35.0 Å². The number of carbonyl (C=O) groups excluding carboxylic acids is 2. The smallest absolute Gasteiger partial charge is 0.325 e. The fourth-order valence-electron chi connectivity index (χ4n) is 4.38. The van der Waals surface area contributed by atoms with Crippen molar-refractivity contribution in [1.29, 1.82) is 0 Å². The van der Waals surface area contributed by atoms with Crippen molar-refractivity contribution < 1.29 is 19.1 Å². The molecule has 4 amide bonds. The largest absolute Gasteiger partial charge is 0.506 e. The molecule has 0 aliphatic carbocycles. The number of H-pyrrole nitrogens is 1.